The molecule has 9 nitrogen and oxygen atoms in total. The van der Waals surface area contributed by atoms with Gasteiger partial charge in [-0.1, -0.05) is 11.6 Å². The molecule has 0 radical (unpaired) electrons. The molecular weight excluding hydrogens is 493 g/mol. The molecule has 5 heterocycles. The molecule has 3 aliphatic heterocycles. The standard InChI is InChI=1S/C23H25ClFN7O2S/c1-14-19(25)9-26-23(27-14)30-6-4-15(5-7-30)22-29-28-21-11-31(18-12-35(33,34)13-18)10-16-8-17(24)2-3-20(16)32(21)22/h2-3,8-9,15,18H,4-7,10-13H2,1H3. The van der Waals surface area contributed by atoms with Crippen LogP contribution in [0.1, 0.15) is 41.7 Å². The molecule has 2 aromatic heterocycles. The molecule has 0 aliphatic carbocycles. The first kappa shape index (κ1) is 22.8. The minimum atomic E-state index is -2.95. The van der Waals surface area contributed by atoms with E-state index >= 15 is 0 Å². The van der Waals surface area contributed by atoms with Gasteiger partial charge in [0.25, 0.3) is 0 Å². The second-order valence-electron chi connectivity index (χ2n) is 9.58. The first-order chi connectivity index (χ1) is 16.8. The lowest BCUT2D eigenvalue weighted by Crippen LogP contribution is -2.52. The summed E-state index contributed by atoms with van der Waals surface area (Å²) < 4.78 is 39.4. The summed E-state index contributed by atoms with van der Waals surface area (Å²) in [6, 6.07) is 5.79. The Morgan fingerprint density at radius 2 is 1.89 bits per heavy atom. The van der Waals surface area contributed by atoms with Crippen LogP contribution in [0, 0.1) is 12.7 Å². The smallest absolute Gasteiger partial charge is 0.225 e. The number of anilines is 1. The summed E-state index contributed by atoms with van der Waals surface area (Å²) in [6.45, 7) is 4.25. The number of aryl methyl sites for hydroxylation is 1. The van der Waals surface area contributed by atoms with Gasteiger partial charge < -0.3 is 4.90 Å². The molecule has 12 heteroatoms. The number of benzene rings is 1. The Balaban J connectivity index is 1.28. The molecule has 6 rings (SSSR count). The Hall–Kier alpha value is -2.63. The highest BCUT2D eigenvalue weighted by Crippen LogP contribution is 2.35. The molecule has 0 saturated carbocycles. The maximum atomic E-state index is 13.6. The van der Waals surface area contributed by atoms with Crippen molar-refractivity contribution in [3.63, 3.8) is 0 Å². The van der Waals surface area contributed by atoms with Crippen LogP contribution in [0.15, 0.2) is 24.4 Å². The van der Waals surface area contributed by atoms with Crippen LogP contribution < -0.4 is 4.90 Å². The number of hydrogen-bond acceptors (Lipinski definition) is 8. The Bertz CT molecular complexity index is 1390. The number of fused-ring (bicyclic) bond motifs is 3. The highest BCUT2D eigenvalue weighted by molar-refractivity contribution is 7.92. The molecule has 0 amide bonds. The average Bonchev–Trinajstić information content (AvgIpc) is 3.15. The van der Waals surface area contributed by atoms with Gasteiger partial charge in [-0.05, 0) is 43.5 Å². The van der Waals surface area contributed by atoms with Crippen molar-refractivity contribution in [2.75, 3.05) is 29.5 Å². The molecule has 2 fully saturated rings. The second-order valence-corrected chi connectivity index (χ2v) is 12.2. The lowest BCUT2D eigenvalue weighted by atomic mass is 9.95. The second kappa shape index (κ2) is 8.49. The molecule has 1 aromatic carbocycles. The minimum Gasteiger partial charge on any atom is -0.341 e. The van der Waals surface area contributed by atoms with Gasteiger partial charge in [0.15, 0.2) is 21.5 Å². The summed E-state index contributed by atoms with van der Waals surface area (Å²) in [6.07, 6.45) is 2.90. The number of piperidine rings is 1. The fraction of sp³-hybridized carbons (Fsp3) is 0.478. The van der Waals surface area contributed by atoms with Gasteiger partial charge in [0.1, 0.15) is 5.82 Å². The number of aromatic nitrogens is 5. The third-order valence-corrected chi connectivity index (χ3v) is 9.23. The molecule has 0 N–H and O–H groups in total. The van der Waals surface area contributed by atoms with E-state index in [1.54, 1.807) is 6.92 Å². The predicted octanol–water partition coefficient (Wildman–Crippen LogP) is 2.65. The van der Waals surface area contributed by atoms with E-state index in [1.165, 1.54) is 6.20 Å². The zero-order valence-electron chi connectivity index (χ0n) is 19.2. The van der Waals surface area contributed by atoms with E-state index < -0.39 is 15.7 Å². The van der Waals surface area contributed by atoms with Crippen LogP contribution in [-0.4, -0.2) is 68.7 Å². The van der Waals surface area contributed by atoms with Crippen molar-refractivity contribution in [1.82, 2.24) is 29.6 Å². The molecule has 0 bridgehead atoms. The Morgan fingerprint density at radius 3 is 2.60 bits per heavy atom. The zero-order chi connectivity index (χ0) is 24.3. The fourth-order valence-corrected chi connectivity index (χ4v) is 6.94. The van der Waals surface area contributed by atoms with Crippen LogP contribution in [0.3, 0.4) is 0 Å². The Morgan fingerprint density at radius 1 is 1.11 bits per heavy atom. The van der Waals surface area contributed by atoms with Gasteiger partial charge in [0.05, 0.1) is 35.6 Å². The molecule has 0 unspecified atom stereocenters. The van der Waals surface area contributed by atoms with Gasteiger partial charge in [0.2, 0.25) is 5.95 Å². The van der Waals surface area contributed by atoms with Crippen LogP contribution in [0.25, 0.3) is 5.69 Å². The number of hydrogen-bond donors (Lipinski definition) is 0. The highest BCUT2D eigenvalue weighted by atomic mass is 35.5. The normalized spacial score (nSPS) is 20.7. The van der Waals surface area contributed by atoms with E-state index in [0.717, 1.165) is 48.8 Å². The van der Waals surface area contributed by atoms with Crippen LogP contribution in [0.2, 0.25) is 5.02 Å². The van der Waals surface area contributed by atoms with Gasteiger partial charge in [-0.2, -0.15) is 0 Å². The molecule has 3 aliphatic rings. The van der Waals surface area contributed by atoms with E-state index in [-0.39, 0.29) is 23.5 Å². The first-order valence-corrected chi connectivity index (χ1v) is 13.9. The summed E-state index contributed by atoms with van der Waals surface area (Å²) in [5.41, 5.74) is 2.38. The van der Waals surface area contributed by atoms with E-state index in [0.29, 0.717) is 29.8 Å². The van der Waals surface area contributed by atoms with Crippen molar-refractivity contribution < 1.29 is 12.8 Å². The zero-order valence-corrected chi connectivity index (χ0v) is 20.8. The van der Waals surface area contributed by atoms with Crippen LogP contribution >= 0.6 is 11.6 Å². The van der Waals surface area contributed by atoms with Crippen LogP contribution in [0.4, 0.5) is 10.3 Å². The summed E-state index contributed by atoms with van der Waals surface area (Å²) in [5, 5.41) is 9.80. The number of halogens is 2. The molecule has 3 aromatic rings. The molecule has 0 atom stereocenters. The monoisotopic (exact) mass is 517 g/mol. The topological polar surface area (TPSA) is 97.1 Å². The largest absolute Gasteiger partial charge is 0.341 e. The van der Waals surface area contributed by atoms with Crippen molar-refractivity contribution in [2.45, 2.75) is 44.8 Å². The first-order valence-electron chi connectivity index (χ1n) is 11.7. The summed E-state index contributed by atoms with van der Waals surface area (Å²) >= 11 is 6.34. The molecule has 0 spiro atoms. The predicted molar refractivity (Wildman–Crippen MR) is 129 cm³/mol. The molecule has 35 heavy (non-hydrogen) atoms. The molecular formula is C23H25ClFN7O2S. The van der Waals surface area contributed by atoms with Gasteiger partial charge in [-0.25, -0.2) is 22.8 Å². The average molecular weight is 518 g/mol. The highest BCUT2D eigenvalue weighted by Gasteiger charge is 2.40. The minimum absolute atomic E-state index is 0.0269. The van der Waals surface area contributed by atoms with Crippen molar-refractivity contribution in [3.8, 4) is 5.69 Å². The van der Waals surface area contributed by atoms with Crippen molar-refractivity contribution in [2.24, 2.45) is 0 Å². The van der Waals surface area contributed by atoms with Crippen molar-refractivity contribution in [3.05, 3.63) is 58.1 Å². The van der Waals surface area contributed by atoms with Gasteiger partial charge >= 0.3 is 0 Å². The quantitative estimate of drug-likeness (QED) is 0.523. The fourth-order valence-electron chi connectivity index (χ4n) is 5.25. The van der Waals surface area contributed by atoms with E-state index in [9.17, 15) is 12.8 Å². The van der Waals surface area contributed by atoms with Gasteiger partial charge in [-0.3, -0.25) is 9.47 Å². The SMILES string of the molecule is Cc1nc(N2CCC(c3nnc4n3-c3ccc(Cl)cc3CN(C3CS(=O)(=O)C3)C4)CC2)ncc1F. The van der Waals surface area contributed by atoms with E-state index in [2.05, 4.69) is 34.5 Å². The maximum Gasteiger partial charge on any atom is 0.225 e. The lowest BCUT2D eigenvalue weighted by Gasteiger charge is -2.35. The summed E-state index contributed by atoms with van der Waals surface area (Å²) in [7, 11) is -2.95. The third-order valence-electron chi connectivity index (χ3n) is 7.21. The van der Waals surface area contributed by atoms with Gasteiger partial charge in [0, 0.05) is 36.6 Å². The molecule has 184 valence electrons. The Kier molecular flexibility index (Phi) is 5.53. The van der Waals surface area contributed by atoms with Crippen molar-refractivity contribution >= 4 is 27.4 Å². The lowest BCUT2D eigenvalue weighted by molar-refractivity contribution is 0.193. The third kappa shape index (κ3) is 4.19. The molecule has 2 saturated heterocycles. The van der Waals surface area contributed by atoms with Crippen LogP contribution in [-0.2, 0) is 22.9 Å². The number of rotatable bonds is 3. The summed E-state index contributed by atoms with van der Waals surface area (Å²) in [5.74, 6) is 2.40. The Labute approximate surface area is 207 Å². The maximum absolute atomic E-state index is 13.6. The summed E-state index contributed by atoms with van der Waals surface area (Å²) in [4.78, 5) is 12.7. The van der Waals surface area contributed by atoms with E-state index in [4.69, 9.17) is 11.6 Å². The number of sulfone groups is 1. The van der Waals surface area contributed by atoms with Crippen LogP contribution in [0.5, 0.6) is 0 Å². The number of nitrogens with zero attached hydrogens (tertiary/aromatic N) is 7. The van der Waals surface area contributed by atoms with Crippen molar-refractivity contribution in [1.29, 1.82) is 0 Å². The van der Waals surface area contributed by atoms with E-state index in [1.807, 2.05) is 18.2 Å². The van der Waals surface area contributed by atoms with Gasteiger partial charge in [-0.15, -0.1) is 10.2 Å².